The summed E-state index contributed by atoms with van der Waals surface area (Å²) in [5, 5.41) is 4.52. The fourth-order valence-electron chi connectivity index (χ4n) is 2.81. The number of aromatic nitrogens is 3. The first kappa shape index (κ1) is 14.4. The molecular weight excluding hydrogens is 336 g/mol. The summed E-state index contributed by atoms with van der Waals surface area (Å²) >= 11 is 5.51. The Morgan fingerprint density at radius 1 is 1.40 bits per heavy atom. The SMILES string of the molecule is CCSC1CCC(NCc2cnc3cnc(Br)cn23)C1. The van der Waals surface area contributed by atoms with E-state index in [1.165, 1.54) is 30.7 Å². The van der Waals surface area contributed by atoms with Crippen LogP contribution in [0.3, 0.4) is 0 Å². The molecule has 3 rings (SSSR count). The van der Waals surface area contributed by atoms with Gasteiger partial charge in [-0.15, -0.1) is 0 Å². The summed E-state index contributed by atoms with van der Waals surface area (Å²) in [5.74, 6) is 1.23. The number of nitrogens with one attached hydrogen (secondary N) is 1. The van der Waals surface area contributed by atoms with Gasteiger partial charge in [0.15, 0.2) is 5.65 Å². The van der Waals surface area contributed by atoms with E-state index in [-0.39, 0.29) is 0 Å². The summed E-state index contributed by atoms with van der Waals surface area (Å²) in [6, 6.07) is 0.648. The Labute approximate surface area is 131 Å². The van der Waals surface area contributed by atoms with Gasteiger partial charge in [0.05, 0.1) is 18.1 Å². The van der Waals surface area contributed by atoms with Crippen molar-refractivity contribution in [2.24, 2.45) is 0 Å². The summed E-state index contributed by atoms with van der Waals surface area (Å²) in [5.41, 5.74) is 2.09. The van der Waals surface area contributed by atoms with E-state index >= 15 is 0 Å². The number of hydrogen-bond acceptors (Lipinski definition) is 4. The third-order valence-corrected chi connectivity index (χ3v) is 5.44. The second kappa shape index (κ2) is 6.45. The summed E-state index contributed by atoms with van der Waals surface area (Å²) < 4.78 is 2.93. The minimum atomic E-state index is 0.648. The molecule has 0 saturated heterocycles. The molecule has 2 aromatic rings. The zero-order valence-corrected chi connectivity index (χ0v) is 14.0. The van der Waals surface area contributed by atoms with Crippen LogP contribution in [0.1, 0.15) is 31.9 Å². The number of fused-ring (bicyclic) bond motifs is 1. The molecule has 0 amide bonds. The molecule has 1 saturated carbocycles. The lowest BCUT2D eigenvalue weighted by Crippen LogP contribution is -2.26. The molecule has 6 heteroatoms. The molecule has 1 aliphatic carbocycles. The van der Waals surface area contributed by atoms with Crippen molar-refractivity contribution in [2.45, 2.75) is 44.0 Å². The summed E-state index contributed by atoms with van der Waals surface area (Å²) in [7, 11) is 0. The third kappa shape index (κ3) is 3.18. The molecule has 0 aromatic carbocycles. The lowest BCUT2D eigenvalue weighted by molar-refractivity contribution is 0.519. The first-order valence-electron chi connectivity index (χ1n) is 7.08. The molecule has 2 atom stereocenters. The molecule has 4 nitrogen and oxygen atoms in total. The second-order valence-corrected chi connectivity index (χ2v) is 7.55. The molecule has 20 heavy (non-hydrogen) atoms. The van der Waals surface area contributed by atoms with E-state index in [0.29, 0.717) is 6.04 Å². The first-order chi connectivity index (χ1) is 9.76. The molecule has 0 radical (unpaired) electrons. The Balaban J connectivity index is 1.62. The van der Waals surface area contributed by atoms with Crippen LogP contribution in [0.5, 0.6) is 0 Å². The number of rotatable bonds is 5. The van der Waals surface area contributed by atoms with Crippen LogP contribution < -0.4 is 5.32 Å². The molecule has 0 bridgehead atoms. The molecule has 2 unspecified atom stereocenters. The predicted molar refractivity (Wildman–Crippen MR) is 87.1 cm³/mol. The zero-order valence-electron chi connectivity index (χ0n) is 11.6. The van der Waals surface area contributed by atoms with Crippen LogP contribution >= 0.6 is 27.7 Å². The Bertz CT molecular complexity index is 586. The van der Waals surface area contributed by atoms with E-state index in [2.05, 4.69) is 54.3 Å². The minimum Gasteiger partial charge on any atom is -0.308 e. The van der Waals surface area contributed by atoms with Gasteiger partial charge in [-0.05, 0) is 40.9 Å². The number of halogens is 1. The standard InChI is InChI=1S/C14H19BrN4S/c1-2-20-12-4-3-10(5-12)16-6-11-7-18-14-8-17-13(15)9-19(11)14/h7-10,12,16H,2-6H2,1H3. The number of nitrogens with zero attached hydrogens (tertiary/aromatic N) is 3. The molecule has 1 aliphatic rings. The molecule has 0 spiro atoms. The fourth-order valence-corrected chi connectivity index (χ4v) is 4.26. The second-order valence-electron chi connectivity index (χ2n) is 5.16. The molecule has 2 heterocycles. The molecule has 108 valence electrons. The predicted octanol–water partition coefficient (Wildman–Crippen LogP) is 3.26. The van der Waals surface area contributed by atoms with Gasteiger partial charge >= 0.3 is 0 Å². The van der Waals surface area contributed by atoms with E-state index in [1.807, 2.05) is 12.4 Å². The topological polar surface area (TPSA) is 42.2 Å². The van der Waals surface area contributed by atoms with Gasteiger partial charge in [-0.25, -0.2) is 9.97 Å². The maximum Gasteiger partial charge on any atom is 0.155 e. The van der Waals surface area contributed by atoms with Crippen LogP contribution in [0.2, 0.25) is 0 Å². The van der Waals surface area contributed by atoms with E-state index in [9.17, 15) is 0 Å². The third-order valence-electron chi connectivity index (χ3n) is 3.80. The Hall–Kier alpha value is -0.590. The highest BCUT2D eigenvalue weighted by atomic mass is 79.9. The highest BCUT2D eigenvalue weighted by molar-refractivity contribution is 9.10. The summed E-state index contributed by atoms with van der Waals surface area (Å²) in [6.45, 7) is 3.11. The monoisotopic (exact) mass is 354 g/mol. The quantitative estimate of drug-likeness (QED) is 0.894. The largest absolute Gasteiger partial charge is 0.308 e. The van der Waals surface area contributed by atoms with Gasteiger partial charge in [0.2, 0.25) is 0 Å². The zero-order chi connectivity index (χ0) is 13.9. The highest BCUT2D eigenvalue weighted by Gasteiger charge is 2.24. The average molecular weight is 355 g/mol. The maximum atomic E-state index is 4.38. The lowest BCUT2D eigenvalue weighted by atomic mass is 10.2. The number of hydrogen-bond donors (Lipinski definition) is 1. The van der Waals surface area contributed by atoms with Gasteiger partial charge in [-0.2, -0.15) is 11.8 Å². The van der Waals surface area contributed by atoms with Crippen LogP contribution in [0.15, 0.2) is 23.2 Å². The highest BCUT2D eigenvalue weighted by Crippen LogP contribution is 2.29. The van der Waals surface area contributed by atoms with Crippen LogP contribution in [0.4, 0.5) is 0 Å². The fraction of sp³-hybridized carbons (Fsp3) is 0.571. The van der Waals surface area contributed by atoms with Crippen molar-refractivity contribution in [1.29, 1.82) is 0 Å². The molecule has 1 fully saturated rings. The van der Waals surface area contributed by atoms with Crippen molar-refractivity contribution in [1.82, 2.24) is 19.7 Å². The van der Waals surface area contributed by atoms with Crippen molar-refractivity contribution in [3.8, 4) is 0 Å². The van der Waals surface area contributed by atoms with Crippen molar-refractivity contribution >= 4 is 33.3 Å². The van der Waals surface area contributed by atoms with Gasteiger partial charge in [0.1, 0.15) is 4.60 Å². The maximum absolute atomic E-state index is 4.38. The van der Waals surface area contributed by atoms with Crippen LogP contribution in [0.25, 0.3) is 5.65 Å². The average Bonchev–Trinajstić information content (AvgIpc) is 3.03. The molecule has 0 aliphatic heterocycles. The number of thioether (sulfide) groups is 1. The molecular formula is C14H19BrN4S. The van der Waals surface area contributed by atoms with Crippen molar-refractivity contribution in [3.63, 3.8) is 0 Å². The Kier molecular flexibility index (Phi) is 4.63. The van der Waals surface area contributed by atoms with Crippen molar-refractivity contribution in [3.05, 3.63) is 28.9 Å². The van der Waals surface area contributed by atoms with Gasteiger partial charge < -0.3 is 5.32 Å². The van der Waals surface area contributed by atoms with E-state index in [4.69, 9.17) is 0 Å². The van der Waals surface area contributed by atoms with Crippen molar-refractivity contribution in [2.75, 3.05) is 5.75 Å². The van der Waals surface area contributed by atoms with E-state index < -0.39 is 0 Å². The smallest absolute Gasteiger partial charge is 0.155 e. The summed E-state index contributed by atoms with van der Waals surface area (Å²) in [6.07, 6.45) is 9.63. The molecule has 1 N–H and O–H groups in total. The van der Waals surface area contributed by atoms with Crippen LogP contribution in [-0.2, 0) is 6.54 Å². The lowest BCUT2D eigenvalue weighted by Gasteiger charge is -2.12. The van der Waals surface area contributed by atoms with Gasteiger partial charge in [0, 0.05) is 24.0 Å². The van der Waals surface area contributed by atoms with Gasteiger partial charge in [0.25, 0.3) is 0 Å². The minimum absolute atomic E-state index is 0.648. The summed E-state index contributed by atoms with van der Waals surface area (Å²) in [4.78, 5) is 8.58. The molecule has 2 aromatic heterocycles. The Morgan fingerprint density at radius 2 is 2.30 bits per heavy atom. The van der Waals surface area contributed by atoms with Crippen LogP contribution in [0, 0.1) is 0 Å². The van der Waals surface area contributed by atoms with Crippen LogP contribution in [-0.4, -0.2) is 31.4 Å². The Morgan fingerprint density at radius 3 is 3.15 bits per heavy atom. The van der Waals surface area contributed by atoms with Crippen molar-refractivity contribution < 1.29 is 0 Å². The van der Waals surface area contributed by atoms with Gasteiger partial charge in [-0.3, -0.25) is 4.40 Å². The number of imidazole rings is 1. The van der Waals surface area contributed by atoms with Gasteiger partial charge in [-0.1, -0.05) is 6.92 Å². The normalized spacial score (nSPS) is 22.7. The van der Waals surface area contributed by atoms with E-state index in [1.54, 1.807) is 6.20 Å². The first-order valence-corrected chi connectivity index (χ1v) is 8.93. The van der Waals surface area contributed by atoms with E-state index in [0.717, 1.165) is 22.0 Å².